The number of carbonyl (C=O) groups is 2. The number of benzene rings is 2. The van der Waals surface area contributed by atoms with Crippen LogP contribution in [0.2, 0.25) is 0 Å². The van der Waals surface area contributed by atoms with Crippen LogP contribution in [0.5, 0.6) is 0 Å². The maximum Gasteiger partial charge on any atom is 0.296 e. The molecule has 1 N–H and O–H groups in total. The summed E-state index contributed by atoms with van der Waals surface area (Å²) in [6, 6.07) is 13.5. The van der Waals surface area contributed by atoms with Crippen molar-refractivity contribution in [3.05, 3.63) is 53.6 Å². The van der Waals surface area contributed by atoms with Crippen molar-refractivity contribution >= 4 is 28.8 Å². The summed E-state index contributed by atoms with van der Waals surface area (Å²) in [6.45, 7) is 2.04. The minimum absolute atomic E-state index is 0.441. The van der Waals surface area contributed by atoms with Gasteiger partial charge >= 0.3 is 0 Å². The fourth-order valence-electron chi connectivity index (χ4n) is 2.26. The number of amides is 1. The number of nitrogens with one attached hydrogen (secondary N) is 1. The van der Waals surface area contributed by atoms with Crippen LogP contribution in [0.4, 0.5) is 17.1 Å². The molecule has 1 aliphatic heterocycles. The van der Waals surface area contributed by atoms with Gasteiger partial charge in [-0.25, -0.2) is 0 Å². The van der Waals surface area contributed by atoms with Crippen LogP contribution in [0.1, 0.15) is 15.9 Å². The van der Waals surface area contributed by atoms with E-state index in [1.54, 1.807) is 6.07 Å². The second-order valence-corrected chi connectivity index (χ2v) is 4.91. The highest BCUT2D eigenvalue weighted by Gasteiger charge is 2.28. The quantitative estimate of drug-likeness (QED) is 0.850. The lowest BCUT2D eigenvalue weighted by Gasteiger charge is -2.20. The first-order valence-corrected chi connectivity index (χ1v) is 6.36. The second-order valence-electron chi connectivity index (χ2n) is 4.91. The minimum Gasteiger partial charge on any atom is -0.345 e. The molecule has 0 aliphatic carbocycles. The number of Topliss-reactive ketones (excluding diaryl/α,β-unsaturated/α-hetero) is 1. The zero-order chi connectivity index (χ0) is 14.3. The molecule has 4 nitrogen and oxygen atoms in total. The normalized spacial score (nSPS) is 13.1. The highest BCUT2D eigenvalue weighted by molar-refractivity contribution is 6.51. The molecule has 0 radical (unpaired) electrons. The summed E-state index contributed by atoms with van der Waals surface area (Å²) >= 11 is 0. The Morgan fingerprint density at radius 3 is 2.30 bits per heavy atom. The van der Waals surface area contributed by atoms with Gasteiger partial charge in [0.05, 0.1) is 11.3 Å². The molecule has 0 saturated carbocycles. The number of rotatable bonds is 2. The molecule has 2 aromatic rings. The number of carbonyl (C=O) groups excluding carboxylic acids is 2. The van der Waals surface area contributed by atoms with E-state index in [1.165, 1.54) is 5.56 Å². The average Bonchev–Trinajstić information content (AvgIpc) is 2.74. The van der Waals surface area contributed by atoms with Crippen LogP contribution in [0.3, 0.4) is 0 Å². The van der Waals surface area contributed by atoms with Gasteiger partial charge in [-0.05, 0) is 37.3 Å². The maximum atomic E-state index is 11.6. The van der Waals surface area contributed by atoms with Crippen LogP contribution < -0.4 is 10.2 Å². The summed E-state index contributed by atoms with van der Waals surface area (Å²) in [4.78, 5) is 24.9. The van der Waals surface area contributed by atoms with Crippen molar-refractivity contribution in [3.63, 3.8) is 0 Å². The minimum atomic E-state index is -0.560. The predicted octanol–water partition coefficient (Wildman–Crippen LogP) is 2.90. The van der Waals surface area contributed by atoms with Crippen LogP contribution in [0.15, 0.2) is 42.5 Å². The fourth-order valence-corrected chi connectivity index (χ4v) is 2.26. The smallest absolute Gasteiger partial charge is 0.296 e. The van der Waals surface area contributed by atoms with Crippen molar-refractivity contribution in [2.75, 3.05) is 17.3 Å². The number of hydrogen-bond acceptors (Lipinski definition) is 3. The lowest BCUT2D eigenvalue weighted by atomic mass is 10.1. The summed E-state index contributed by atoms with van der Waals surface area (Å²) in [7, 11) is 1.95. The molecule has 0 atom stereocenters. The zero-order valence-electron chi connectivity index (χ0n) is 11.3. The van der Waals surface area contributed by atoms with Crippen molar-refractivity contribution < 1.29 is 9.59 Å². The van der Waals surface area contributed by atoms with Gasteiger partial charge in [-0.15, -0.1) is 0 Å². The van der Waals surface area contributed by atoms with Gasteiger partial charge in [-0.3, -0.25) is 9.59 Å². The standard InChI is InChI=1S/C16H14N2O2/c1-10-3-5-11(6-4-10)18(2)12-7-8-13-14(9-12)17-16(20)15(13)19/h3-9H,1-2H3,(H,17,19,20). The van der Waals surface area contributed by atoms with Crippen molar-refractivity contribution in [1.29, 1.82) is 0 Å². The summed E-state index contributed by atoms with van der Waals surface area (Å²) < 4.78 is 0. The number of nitrogens with zero attached hydrogens (tertiary/aromatic N) is 1. The Morgan fingerprint density at radius 2 is 1.60 bits per heavy atom. The van der Waals surface area contributed by atoms with Gasteiger partial charge < -0.3 is 10.2 Å². The van der Waals surface area contributed by atoms with Gasteiger partial charge in [0.25, 0.3) is 11.7 Å². The van der Waals surface area contributed by atoms with Crippen molar-refractivity contribution in [2.24, 2.45) is 0 Å². The molecule has 1 heterocycles. The molecule has 1 aliphatic rings. The molecule has 0 saturated heterocycles. The Kier molecular flexibility index (Phi) is 2.79. The van der Waals surface area contributed by atoms with Gasteiger partial charge in [0, 0.05) is 18.4 Å². The van der Waals surface area contributed by atoms with Crippen molar-refractivity contribution in [1.82, 2.24) is 0 Å². The van der Waals surface area contributed by atoms with E-state index in [4.69, 9.17) is 0 Å². The maximum absolute atomic E-state index is 11.6. The van der Waals surface area contributed by atoms with E-state index in [-0.39, 0.29) is 0 Å². The molecule has 0 bridgehead atoms. The Hall–Kier alpha value is -2.62. The average molecular weight is 266 g/mol. The van der Waals surface area contributed by atoms with E-state index in [2.05, 4.69) is 5.32 Å². The lowest BCUT2D eigenvalue weighted by Crippen LogP contribution is -2.12. The Bertz CT molecular complexity index is 705. The second kappa shape index (κ2) is 4.49. The Labute approximate surface area is 117 Å². The molecule has 4 heteroatoms. The number of hydrogen-bond donors (Lipinski definition) is 1. The van der Waals surface area contributed by atoms with Crippen molar-refractivity contribution in [2.45, 2.75) is 6.92 Å². The van der Waals surface area contributed by atoms with E-state index >= 15 is 0 Å². The first-order valence-electron chi connectivity index (χ1n) is 6.36. The van der Waals surface area contributed by atoms with E-state index in [0.717, 1.165) is 11.4 Å². The topological polar surface area (TPSA) is 49.4 Å². The summed E-state index contributed by atoms with van der Waals surface area (Å²) in [5.74, 6) is -1.03. The van der Waals surface area contributed by atoms with E-state index in [1.807, 2.05) is 55.3 Å². The molecule has 3 rings (SSSR count). The molecular weight excluding hydrogens is 252 g/mol. The van der Waals surface area contributed by atoms with Crippen LogP contribution in [-0.2, 0) is 4.79 Å². The number of anilines is 3. The van der Waals surface area contributed by atoms with Gasteiger partial charge in [-0.2, -0.15) is 0 Å². The molecule has 0 spiro atoms. The molecule has 0 aromatic heterocycles. The van der Waals surface area contributed by atoms with Crippen LogP contribution in [-0.4, -0.2) is 18.7 Å². The van der Waals surface area contributed by atoms with E-state index in [9.17, 15) is 9.59 Å². The molecule has 1 amide bonds. The summed E-state index contributed by atoms with van der Waals surface area (Å²) in [6.07, 6.45) is 0. The third-order valence-corrected chi connectivity index (χ3v) is 3.51. The van der Waals surface area contributed by atoms with E-state index in [0.29, 0.717) is 11.3 Å². The first kappa shape index (κ1) is 12.4. The molecular formula is C16H14N2O2. The molecule has 0 fully saturated rings. The number of ketones is 1. The summed E-state index contributed by atoms with van der Waals surface area (Å²) in [5, 5.41) is 2.59. The fraction of sp³-hybridized carbons (Fsp3) is 0.125. The zero-order valence-corrected chi connectivity index (χ0v) is 11.3. The van der Waals surface area contributed by atoms with Gasteiger partial charge in [0.1, 0.15) is 0 Å². The monoisotopic (exact) mass is 266 g/mol. The highest BCUT2D eigenvalue weighted by atomic mass is 16.2. The van der Waals surface area contributed by atoms with E-state index < -0.39 is 11.7 Å². The third-order valence-electron chi connectivity index (χ3n) is 3.51. The van der Waals surface area contributed by atoms with Crippen molar-refractivity contribution in [3.8, 4) is 0 Å². The Morgan fingerprint density at radius 1 is 0.950 bits per heavy atom. The molecule has 20 heavy (non-hydrogen) atoms. The van der Waals surface area contributed by atoms with Crippen LogP contribution >= 0.6 is 0 Å². The molecule has 2 aromatic carbocycles. The highest BCUT2D eigenvalue weighted by Crippen LogP contribution is 2.31. The number of aryl methyl sites for hydroxylation is 1. The third kappa shape index (κ3) is 1.95. The predicted molar refractivity (Wildman–Crippen MR) is 78.6 cm³/mol. The Balaban J connectivity index is 1.96. The van der Waals surface area contributed by atoms with Crippen LogP contribution in [0.25, 0.3) is 0 Å². The molecule has 100 valence electrons. The number of fused-ring (bicyclic) bond motifs is 1. The van der Waals surface area contributed by atoms with Gasteiger partial charge in [0.2, 0.25) is 0 Å². The van der Waals surface area contributed by atoms with Gasteiger partial charge in [0.15, 0.2) is 0 Å². The van der Waals surface area contributed by atoms with Crippen LogP contribution in [0, 0.1) is 6.92 Å². The SMILES string of the molecule is Cc1ccc(N(C)c2ccc3c(c2)NC(=O)C3=O)cc1. The lowest BCUT2D eigenvalue weighted by molar-refractivity contribution is -0.112. The first-order chi connectivity index (χ1) is 9.56. The molecule has 0 unspecified atom stereocenters. The largest absolute Gasteiger partial charge is 0.345 e. The summed E-state index contributed by atoms with van der Waals surface area (Å²) in [5.41, 5.74) is 4.19. The van der Waals surface area contributed by atoms with Gasteiger partial charge in [-0.1, -0.05) is 17.7 Å².